The number of amides is 4. The molecule has 0 radical (unpaired) electrons. The second-order valence-corrected chi connectivity index (χ2v) is 20.5. The number of esters is 1. The van der Waals surface area contributed by atoms with E-state index < -0.39 is 47.2 Å². The monoisotopic (exact) mass is 1110 g/mol. The molecule has 4 aromatic rings. The number of nitrogens with one attached hydrogen (secondary N) is 2. The van der Waals surface area contributed by atoms with E-state index in [1.54, 1.807) is 19.1 Å². The van der Waals surface area contributed by atoms with Crippen molar-refractivity contribution in [3.8, 4) is 22.4 Å². The van der Waals surface area contributed by atoms with Crippen LogP contribution in [0.2, 0.25) is 0 Å². The molecule has 6 bridgehead atoms. The zero-order chi connectivity index (χ0) is 49.9. The van der Waals surface area contributed by atoms with E-state index in [-0.39, 0.29) is 111 Å². The Morgan fingerprint density at radius 1 is 0.986 bits per heavy atom. The van der Waals surface area contributed by atoms with Gasteiger partial charge in [-0.1, -0.05) is 64.6 Å². The summed E-state index contributed by atoms with van der Waals surface area (Å²) in [5, 5.41) is 5.59. The Hall–Kier alpha value is -4.15. The van der Waals surface area contributed by atoms with Gasteiger partial charge < -0.3 is 34.1 Å². The lowest BCUT2D eigenvalue weighted by molar-refractivity contribution is -0.155. The molecule has 2 aromatic heterocycles. The van der Waals surface area contributed by atoms with Crippen LogP contribution in [-0.4, -0.2) is 131 Å². The number of aryl methyl sites for hydroxylation is 1. The Bertz CT molecular complexity index is 2610. The molecule has 4 amide bonds. The lowest BCUT2D eigenvalue weighted by atomic mass is 9.84. The van der Waals surface area contributed by atoms with Crippen LogP contribution in [0.1, 0.15) is 89.3 Å². The van der Waals surface area contributed by atoms with Crippen LogP contribution in [-0.2, 0) is 59.4 Å². The van der Waals surface area contributed by atoms with Crippen molar-refractivity contribution in [3.63, 3.8) is 0 Å². The molecule has 3 aliphatic rings. The first-order valence-electron chi connectivity index (χ1n) is 24.5. The summed E-state index contributed by atoms with van der Waals surface area (Å²) in [7, 11) is 7.41. The average Bonchev–Trinajstić information content (AvgIpc) is 3.94. The number of methoxy groups -OCH3 is 1. The van der Waals surface area contributed by atoms with Crippen molar-refractivity contribution >= 4 is 108 Å². The summed E-state index contributed by atoms with van der Waals surface area (Å²) in [6, 6.07) is 14.1. The number of hydrazine groups is 1. The molecule has 1 unspecified atom stereocenters. The molecule has 0 spiro atoms. The number of pyridine rings is 1. The van der Waals surface area contributed by atoms with E-state index in [0.29, 0.717) is 51.9 Å². The normalized spacial score (nSPS) is 19.3. The number of rotatable bonds is 12. The van der Waals surface area contributed by atoms with E-state index in [1.165, 1.54) is 16.0 Å². The highest BCUT2D eigenvalue weighted by Gasteiger charge is 2.40. The molecular weight excluding hydrogens is 1030 g/mol. The maximum Gasteiger partial charge on any atom is 0.324 e. The van der Waals surface area contributed by atoms with Gasteiger partial charge in [0.2, 0.25) is 17.7 Å². The third kappa shape index (κ3) is 14.7. The van der Waals surface area contributed by atoms with Gasteiger partial charge in [0.15, 0.2) is 0 Å². The van der Waals surface area contributed by atoms with Gasteiger partial charge in [-0.05, 0) is 112 Å². The van der Waals surface area contributed by atoms with Gasteiger partial charge in [-0.15, -0.1) is 0 Å². The van der Waals surface area contributed by atoms with Crippen LogP contribution in [0.4, 0.5) is 0 Å². The fourth-order valence-electron chi connectivity index (χ4n) is 10.4. The number of fused-ring (bicyclic) bond motifs is 6. The first-order valence-corrected chi connectivity index (χ1v) is 24.5. The van der Waals surface area contributed by atoms with Crippen molar-refractivity contribution in [1.82, 2.24) is 40.0 Å². The molecule has 7 rings (SSSR count). The highest BCUT2D eigenvalue weighted by molar-refractivity contribution is 7.60. The molecule has 5 atom stereocenters. The van der Waals surface area contributed by atoms with E-state index in [0.717, 1.165) is 55.7 Å². The van der Waals surface area contributed by atoms with Crippen molar-refractivity contribution < 1.29 is 33.4 Å². The van der Waals surface area contributed by atoms with E-state index in [2.05, 4.69) is 84.0 Å². The lowest BCUT2D eigenvalue weighted by Gasteiger charge is -2.37. The summed E-state index contributed by atoms with van der Waals surface area (Å²) in [5.41, 5.74) is 11.6. The topological polar surface area (TPSA) is 159 Å². The van der Waals surface area contributed by atoms with Gasteiger partial charge >= 0.3 is 5.97 Å². The number of nitrogens with zero attached hydrogens (tertiary/aromatic N) is 6. The summed E-state index contributed by atoms with van der Waals surface area (Å²) < 4.78 is 14.5. The van der Waals surface area contributed by atoms with E-state index in [1.807, 2.05) is 53.2 Å². The number of aromatic nitrogens is 2. The number of likely N-dealkylation sites (tertiary alicyclic amines) is 1. The van der Waals surface area contributed by atoms with Crippen LogP contribution in [0.15, 0.2) is 67.4 Å². The second-order valence-electron chi connectivity index (χ2n) is 20.5. The number of carbonyl (C=O) groups is 5. The van der Waals surface area contributed by atoms with Crippen LogP contribution in [0, 0.1) is 17.3 Å². The molecule has 20 heteroatoms. The minimum absolute atomic E-state index is 0. The third-order valence-electron chi connectivity index (χ3n) is 14.0. The van der Waals surface area contributed by atoms with E-state index >= 15 is 0 Å². The van der Waals surface area contributed by atoms with Crippen molar-refractivity contribution in [1.29, 1.82) is 0 Å². The zero-order valence-corrected chi connectivity index (χ0v) is 49.8. The predicted octanol–water partition coefficient (Wildman–Crippen LogP) is 6.89. The van der Waals surface area contributed by atoms with Gasteiger partial charge in [0, 0.05) is 81.4 Å². The maximum absolute atomic E-state index is 14.8. The zero-order valence-electron chi connectivity index (χ0n) is 44.8. The molecule has 0 aliphatic carbocycles. The number of hydrogen-bond donors (Lipinski definition) is 2. The number of cyclic esters (lactones) is 1. The van der Waals surface area contributed by atoms with Crippen LogP contribution in [0.5, 0.6) is 0 Å². The Morgan fingerprint density at radius 2 is 1.69 bits per heavy atom. The van der Waals surface area contributed by atoms with Gasteiger partial charge in [0.1, 0.15) is 18.1 Å². The molecule has 2 N–H and O–H groups in total. The minimum atomic E-state index is -1.06. The number of likely N-dealkylation sites (N-methyl/N-ethyl adjacent to an activating group) is 1. The largest absolute Gasteiger partial charge is 0.464 e. The fraction of sp³-hybridized carbons (Fsp3) is 0.519. The summed E-state index contributed by atoms with van der Waals surface area (Å²) in [6.45, 7) is 18.3. The van der Waals surface area contributed by atoms with Crippen molar-refractivity contribution in [2.75, 3.05) is 54.5 Å². The standard InChI is InChI=1S/C54H72N8O7.5H2S/c1-12-46(63)60-23-21-39(31-60)51(65)59(10)48(33(3)4)50(64)56-44-26-35-16-14-17-37(24-35)38-19-20-45-40(27-38)42(28-54(6,7)32-69-53(67)43-18-15-22-62(57-43)52(44)66)49(61(45)13-2)41-25-36(30-58(8)9)29-55-47(41)34(5)68-11;;;;;/h12,14,16-17,19-20,24-25,27,29,33-34,39,43-44,48,57H,1,13,15,18,21-23,26,28,30-32H2,2-11H3,(H,56,64);5*1H2/t34-,39?,43-,44-,48-;;;;;/m0...../s1. The predicted molar refractivity (Wildman–Crippen MR) is 319 cm³/mol. The highest BCUT2D eigenvalue weighted by atomic mass is 32.1. The van der Waals surface area contributed by atoms with Gasteiger partial charge in [-0.3, -0.25) is 34.0 Å². The van der Waals surface area contributed by atoms with E-state index in [4.69, 9.17) is 14.5 Å². The molecule has 0 saturated carbocycles. The molecular formula is C54H82N8O7S5. The highest BCUT2D eigenvalue weighted by Crippen LogP contribution is 2.42. The molecule has 410 valence electrons. The van der Waals surface area contributed by atoms with Crippen molar-refractivity contribution in [3.05, 3.63) is 89.8 Å². The second kappa shape index (κ2) is 28.3. The first kappa shape index (κ1) is 66.0. The Kier molecular flexibility index (Phi) is 25.2. The van der Waals surface area contributed by atoms with Crippen LogP contribution >= 0.6 is 67.5 Å². The average molecular weight is 1120 g/mol. The summed E-state index contributed by atoms with van der Waals surface area (Å²) in [6.07, 6.45) is 5.11. The van der Waals surface area contributed by atoms with Crippen LogP contribution in [0.3, 0.4) is 0 Å². The molecule has 15 nitrogen and oxygen atoms in total. The Morgan fingerprint density at radius 3 is 2.34 bits per heavy atom. The van der Waals surface area contributed by atoms with Gasteiger partial charge in [-0.2, -0.15) is 67.5 Å². The number of ether oxygens (including phenoxy) is 2. The molecule has 2 saturated heterocycles. The SMILES string of the molecule is C=CC(=O)N1CCC(C(=O)N(C)[C@H](C(=O)N[C@H]2Cc3cccc(c3)-c3ccc4c(c3)c(c(-c3cc(CN(C)C)cnc3[C@H](C)OC)n4CC)CC(C)(C)COC(=O)[C@@H]3CCCN(N3)C2=O)C(C)C)C1.S.S.S.S.S. The van der Waals surface area contributed by atoms with Crippen molar-refractivity contribution in [2.24, 2.45) is 17.3 Å². The fourth-order valence-corrected chi connectivity index (χ4v) is 10.4. The first-order chi connectivity index (χ1) is 32.8. The van der Waals surface area contributed by atoms with Crippen LogP contribution < -0.4 is 10.7 Å². The Labute approximate surface area is 473 Å². The molecule has 2 aromatic carbocycles. The van der Waals surface area contributed by atoms with Gasteiger partial charge in [-0.25, -0.2) is 5.43 Å². The maximum atomic E-state index is 14.8. The van der Waals surface area contributed by atoms with Crippen molar-refractivity contribution in [2.45, 2.75) is 111 Å². The van der Waals surface area contributed by atoms with Gasteiger partial charge in [0.05, 0.1) is 30.0 Å². The smallest absolute Gasteiger partial charge is 0.324 e. The quantitative estimate of drug-likeness (QED) is 0.113. The van der Waals surface area contributed by atoms with Gasteiger partial charge in [0.25, 0.3) is 5.91 Å². The van der Waals surface area contributed by atoms with E-state index in [9.17, 15) is 24.0 Å². The Balaban J connectivity index is 0.00000375. The summed E-state index contributed by atoms with van der Waals surface area (Å²) >= 11 is 0. The molecule has 5 heterocycles. The van der Waals surface area contributed by atoms with Crippen LogP contribution in [0.25, 0.3) is 33.3 Å². The molecule has 3 aliphatic heterocycles. The molecule has 2 fully saturated rings. The summed E-state index contributed by atoms with van der Waals surface area (Å²) in [5.74, 6) is -2.57. The molecule has 74 heavy (non-hydrogen) atoms. The number of hydrogen-bond acceptors (Lipinski definition) is 10. The minimum Gasteiger partial charge on any atom is -0.464 e. The number of carbonyl (C=O) groups excluding carboxylic acids is 5. The third-order valence-corrected chi connectivity index (χ3v) is 14.0. The summed E-state index contributed by atoms with van der Waals surface area (Å²) in [4.78, 5) is 79.9. The lowest BCUT2D eigenvalue weighted by Crippen LogP contribution is -2.62. The number of benzene rings is 2.